The minimum Gasteiger partial charge on any atom is -0.481 e. The third-order valence-electron chi connectivity index (χ3n) is 4.26. The van der Waals surface area contributed by atoms with Crippen molar-refractivity contribution in [2.24, 2.45) is 0 Å². The molecule has 0 aliphatic rings. The van der Waals surface area contributed by atoms with Crippen molar-refractivity contribution in [3.05, 3.63) is 77.3 Å². The third kappa shape index (κ3) is 4.14. The van der Waals surface area contributed by atoms with Crippen LogP contribution in [0, 0.1) is 6.92 Å². The van der Waals surface area contributed by atoms with Crippen LogP contribution in [0.5, 0.6) is 5.88 Å². The van der Waals surface area contributed by atoms with Crippen molar-refractivity contribution < 1.29 is 9.53 Å². The summed E-state index contributed by atoms with van der Waals surface area (Å²) in [5.41, 5.74) is 4.50. The molecular formula is C22H18N4O2S. The molecule has 0 aliphatic heterocycles. The Hall–Kier alpha value is -3.58. The lowest BCUT2D eigenvalue weighted by atomic mass is 10.0. The number of aryl methyl sites for hydroxylation is 1. The van der Waals surface area contributed by atoms with Gasteiger partial charge in [-0.15, -0.1) is 11.3 Å². The molecule has 0 bridgehead atoms. The van der Waals surface area contributed by atoms with Gasteiger partial charge in [-0.1, -0.05) is 29.8 Å². The van der Waals surface area contributed by atoms with E-state index in [1.807, 2.05) is 48.7 Å². The SMILES string of the molecule is COc1cccc(-c2csc(NC(=O)c3cccnc3-c3cccc(C)c3)n2)n1. The smallest absolute Gasteiger partial charge is 0.259 e. The van der Waals surface area contributed by atoms with Crippen LogP contribution in [-0.2, 0) is 0 Å². The highest BCUT2D eigenvalue weighted by Gasteiger charge is 2.16. The van der Waals surface area contributed by atoms with E-state index in [4.69, 9.17) is 4.74 Å². The van der Waals surface area contributed by atoms with E-state index in [1.54, 1.807) is 31.5 Å². The van der Waals surface area contributed by atoms with Gasteiger partial charge in [0.2, 0.25) is 5.88 Å². The van der Waals surface area contributed by atoms with E-state index in [9.17, 15) is 4.79 Å². The number of nitrogens with one attached hydrogen (secondary N) is 1. The Morgan fingerprint density at radius 1 is 1.03 bits per heavy atom. The van der Waals surface area contributed by atoms with Gasteiger partial charge in [-0.3, -0.25) is 15.1 Å². The lowest BCUT2D eigenvalue weighted by molar-refractivity contribution is 0.102. The fourth-order valence-electron chi connectivity index (χ4n) is 2.90. The monoisotopic (exact) mass is 402 g/mol. The van der Waals surface area contributed by atoms with Crippen LogP contribution < -0.4 is 10.1 Å². The molecule has 0 saturated carbocycles. The van der Waals surface area contributed by atoms with Crippen molar-refractivity contribution in [3.63, 3.8) is 0 Å². The average Bonchev–Trinajstić information content (AvgIpc) is 3.22. The van der Waals surface area contributed by atoms with Gasteiger partial charge >= 0.3 is 0 Å². The second kappa shape index (κ2) is 8.20. The molecule has 4 rings (SSSR count). The first kappa shape index (κ1) is 18.8. The quantitative estimate of drug-likeness (QED) is 0.517. The lowest BCUT2D eigenvalue weighted by Crippen LogP contribution is -2.13. The standard InChI is InChI=1S/C22H18N4O2S/c1-14-6-3-7-15(12-14)20-16(8-5-11-23-20)21(27)26-22-25-18(13-29-22)17-9-4-10-19(24-17)28-2/h3-13H,1-2H3,(H,25,26,27). The highest BCUT2D eigenvalue weighted by atomic mass is 32.1. The zero-order chi connectivity index (χ0) is 20.2. The first-order chi connectivity index (χ1) is 14.1. The zero-order valence-corrected chi connectivity index (χ0v) is 16.7. The molecule has 0 aliphatic carbocycles. The molecular weight excluding hydrogens is 384 g/mol. The number of anilines is 1. The maximum Gasteiger partial charge on any atom is 0.259 e. The van der Waals surface area contributed by atoms with Crippen LogP contribution in [0.25, 0.3) is 22.6 Å². The van der Waals surface area contributed by atoms with Gasteiger partial charge in [-0.2, -0.15) is 0 Å². The number of carbonyl (C=O) groups excluding carboxylic acids is 1. The topological polar surface area (TPSA) is 77.0 Å². The summed E-state index contributed by atoms with van der Waals surface area (Å²) in [7, 11) is 1.57. The molecule has 6 nitrogen and oxygen atoms in total. The molecule has 0 unspecified atom stereocenters. The summed E-state index contributed by atoms with van der Waals surface area (Å²) in [6.45, 7) is 2.01. The number of hydrogen-bond acceptors (Lipinski definition) is 6. The minimum atomic E-state index is -0.255. The second-order valence-corrected chi connectivity index (χ2v) is 7.18. The van der Waals surface area contributed by atoms with Gasteiger partial charge in [-0.05, 0) is 31.2 Å². The number of pyridine rings is 2. The van der Waals surface area contributed by atoms with E-state index in [-0.39, 0.29) is 5.91 Å². The molecule has 144 valence electrons. The number of hydrogen-bond donors (Lipinski definition) is 1. The molecule has 7 heteroatoms. The summed E-state index contributed by atoms with van der Waals surface area (Å²) < 4.78 is 5.16. The first-order valence-corrected chi connectivity index (χ1v) is 9.82. The molecule has 0 spiro atoms. The van der Waals surface area contributed by atoms with E-state index < -0.39 is 0 Å². The van der Waals surface area contributed by atoms with Gasteiger partial charge in [0.25, 0.3) is 5.91 Å². The number of ether oxygens (including phenoxy) is 1. The highest BCUT2D eigenvalue weighted by Crippen LogP contribution is 2.27. The van der Waals surface area contributed by atoms with Gasteiger partial charge in [-0.25, -0.2) is 9.97 Å². The number of benzene rings is 1. The molecule has 0 fully saturated rings. The predicted molar refractivity (Wildman–Crippen MR) is 114 cm³/mol. The fraction of sp³-hybridized carbons (Fsp3) is 0.0909. The van der Waals surface area contributed by atoms with Crippen molar-refractivity contribution in [2.45, 2.75) is 6.92 Å². The summed E-state index contributed by atoms with van der Waals surface area (Å²) in [5.74, 6) is 0.258. The Balaban J connectivity index is 1.59. The summed E-state index contributed by atoms with van der Waals surface area (Å²) in [4.78, 5) is 26.2. The second-order valence-electron chi connectivity index (χ2n) is 6.33. The molecule has 3 aromatic heterocycles. The van der Waals surface area contributed by atoms with Crippen LogP contribution >= 0.6 is 11.3 Å². The van der Waals surface area contributed by atoms with Gasteiger partial charge < -0.3 is 4.74 Å². The summed E-state index contributed by atoms with van der Waals surface area (Å²) in [5, 5.41) is 5.21. The Kier molecular flexibility index (Phi) is 5.31. The Morgan fingerprint density at radius 3 is 2.72 bits per heavy atom. The Labute approximate surface area is 172 Å². The third-order valence-corrected chi connectivity index (χ3v) is 5.02. The van der Waals surface area contributed by atoms with Crippen LogP contribution in [0.1, 0.15) is 15.9 Å². The number of rotatable bonds is 5. The summed E-state index contributed by atoms with van der Waals surface area (Å²) >= 11 is 1.34. The number of amides is 1. The molecule has 1 aromatic carbocycles. The van der Waals surface area contributed by atoms with Crippen LogP contribution in [0.15, 0.2) is 66.2 Å². The van der Waals surface area contributed by atoms with Gasteiger partial charge in [0, 0.05) is 23.2 Å². The summed E-state index contributed by atoms with van der Waals surface area (Å²) in [6.07, 6.45) is 1.68. The van der Waals surface area contributed by atoms with Gasteiger partial charge in [0.15, 0.2) is 5.13 Å². The van der Waals surface area contributed by atoms with Crippen molar-refractivity contribution >= 4 is 22.4 Å². The van der Waals surface area contributed by atoms with E-state index in [0.29, 0.717) is 33.7 Å². The number of thiazole rings is 1. The number of carbonyl (C=O) groups is 1. The predicted octanol–water partition coefficient (Wildman–Crippen LogP) is 4.84. The van der Waals surface area contributed by atoms with Crippen molar-refractivity contribution in [1.82, 2.24) is 15.0 Å². The molecule has 0 saturated heterocycles. The molecule has 4 aromatic rings. The van der Waals surface area contributed by atoms with E-state index >= 15 is 0 Å². The van der Waals surface area contributed by atoms with Crippen molar-refractivity contribution in [2.75, 3.05) is 12.4 Å². The molecule has 0 atom stereocenters. The van der Waals surface area contributed by atoms with Crippen LogP contribution in [0.3, 0.4) is 0 Å². The Morgan fingerprint density at radius 2 is 1.90 bits per heavy atom. The maximum atomic E-state index is 12.9. The molecule has 1 amide bonds. The summed E-state index contributed by atoms with van der Waals surface area (Å²) in [6, 6.07) is 16.9. The Bertz CT molecular complexity index is 1170. The first-order valence-electron chi connectivity index (χ1n) is 8.94. The number of aromatic nitrogens is 3. The number of nitrogens with zero attached hydrogens (tertiary/aromatic N) is 3. The normalized spacial score (nSPS) is 10.6. The van der Waals surface area contributed by atoms with E-state index in [2.05, 4.69) is 20.3 Å². The molecule has 1 N–H and O–H groups in total. The highest BCUT2D eigenvalue weighted by molar-refractivity contribution is 7.14. The molecule has 29 heavy (non-hydrogen) atoms. The zero-order valence-electron chi connectivity index (χ0n) is 15.9. The fourth-order valence-corrected chi connectivity index (χ4v) is 3.59. The van der Waals surface area contributed by atoms with Gasteiger partial charge in [0.1, 0.15) is 5.69 Å². The average molecular weight is 402 g/mol. The largest absolute Gasteiger partial charge is 0.481 e. The van der Waals surface area contributed by atoms with Crippen LogP contribution in [0.4, 0.5) is 5.13 Å². The molecule has 3 heterocycles. The van der Waals surface area contributed by atoms with Gasteiger partial charge in [0.05, 0.1) is 24.1 Å². The van der Waals surface area contributed by atoms with Crippen LogP contribution in [0.2, 0.25) is 0 Å². The lowest BCUT2D eigenvalue weighted by Gasteiger charge is -2.08. The van der Waals surface area contributed by atoms with Crippen LogP contribution in [-0.4, -0.2) is 28.0 Å². The van der Waals surface area contributed by atoms with Crippen molar-refractivity contribution in [1.29, 1.82) is 0 Å². The molecule has 0 radical (unpaired) electrons. The van der Waals surface area contributed by atoms with E-state index in [1.165, 1.54) is 11.3 Å². The maximum absolute atomic E-state index is 12.9. The minimum absolute atomic E-state index is 0.255. The van der Waals surface area contributed by atoms with Crippen molar-refractivity contribution in [3.8, 4) is 28.5 Å². The number of methoxy groups -OCH3 is 1. The van der Waals surface area contributed by atoms with E-state index in [0.717, 1.165) is 11.1 Å².